The normalized spacial score (nSPS) is 17.4. The second kappa shape index (κ2) is 7.82. The molecule has 0 radical (unpaired) electrons. The van der Waals surface area contributed by atoms with E-state index in [1.54, 1.807) is 29.4 Å². The van der Waals surface area contributed by atoms with E-state index >= 15 is 0 Å². The Labute approximate surface area is 167 Å². The van der Waals surface area contributed by atoms with Gasteiger partial charge in [0, 0.05) is 12.4 Å². The Kier molecular flexibility index (Phi) is 5.07. The molecule has 10 nitrogen and oxygen atoms in total. The number of carbonyl (C=O) groups excluding carboxylic acids is 1. The van der Waals surface area contributed by atoms with Gasteiger partial charge in [-0.1, -0.05) is 25.1 Å². The molecule has 10 heteroatoms. The number of nitrogens with zero attached hydrogens (tertiary/aromatic N) is 6. The number of hydrogen-bond acceptors (Lipinski definition) is 9. The molecular weight excluding hydrogens is 374 g/mol. The number of anilines is 2. The van der Waals surface area contributed by atoms with Gasteiger partial charge < -0.3 is 14.6 Å². The quantitative estimate of drug-likeness (QED) is 0.671. The Balaban J connectivity index is 1.51. The highest BCUT2D eigenvalue weighted by Crippen LogP contribution is 2.26. The van der Waals surface area contributed by atoms with Gasteiger partial charge in [-0.2, -0.15) is 9.97 Å². The number of carbonyl (C=O) groups is 1. The summed E-state index contributed by atoms with van der Waals surface area (Å²) in [6.07, 6.45) is 2.85. The van der Waals surface area contributed by atoms with Gasteiger partial charge in [0.2, 0.25) is 17.7 Å². The minimum Gasteiger partial charge on any atom is -0.447 e. The molecule has 150 valence electrons. The van der Waals surface area contributed by atoms with E-state index in [0.717, 1.165) is 0 Å². The Morgan fingerprint density at radius 3 is 2.76 bits per heavy atom. The molecule has 0 aliphatic carbocycles. The predicted octanol–water partition coefficient (Wildman–Crippen LogP) is 3.08. The zero-order valence-electron chi connectivity index (χ0n) is 16.3. The summed E-state index contributed by atoms with van der Waals surface area (Å²) in [5.41, 5.74) is 0.625. The lowest BCUT2D eigenvalue weighted by molar-refractivity contribution is 0.177. The molecule has 3 aromatic heterocycles. The molecule has 0 bridgehead atoms. The molecule has 1 amide bonds. The molecule has 1 saturated heterocycles. The van der Waals surface area contributed by atoms with Crippen molar-refractivity contribution in [2.24, 2.45) is 5.92 Å². The van der Waals surface area contributed by atoms with E-state index in [1.807, 2.05) is 32.9 Å². The third-order valence-electron chi connectivity index (χ3n) is 4.61. The monoisotopic (exact) mass is 395 g/mol. The van der Waals surface area contributed by atoms with Gasteiger partial charge in [0.15, 0.2) is 0 Å². The maximum Gasteiger partial charge on any atom is 0.415 e. The van der Waals surface area contributed by atoms with Crippen molar-refractivity contribution < 1.29 is 14.1 Å². The zero-order valence-corrected chi connectivity index (χ0v) is 16.3. The van der Waals surface area contributed by atoms with Crippen molar-refractivity contribution in [1.29, 1.82) is 0 Å². The van der Waals surface area contributed by atoms with Crippen LogP contribution in [-0.2, 0) is 4.74 Å². The molecular formula is C19H21N7O3. The zero-order chi connectivity index (χ0) is 20.4. The van der Waals surface area contributed by atoms with Crippen LogP contribution in [0.1, 0.15) is 32.7 Å². The number of rotatable bonds is 6. The fourth-order valence-corrected chi connectivity index (χ4v) is 3.01. The summed E-state index contributed by atoms with van der Waals surface area (Å²) in [5, 5.41) is 7.10. The molecule has 2 atom stereocenters. The van der Waals surface area contributed by atoms with E-state index in [0.29, 0.717) is 35.8 Å². The summed E-state index contributed by atoms with van der Waals surface area (Å²) in [5.74, 6) is 1.84. The number of aromatic nitrogens is 5. The molecule has 3 aromatic rings. The van der Waals surface area contributed by atoms with E-state index < -0.39 is 6.09 Å². The van der Waals surface area contributed by atoms with Crippen molar-refractivity contribution in [2.75, 3.05) is 16.8 Å². The van der Waals surface area contributed by atoms with Crippen LogP contribution in [0.5, 0.6) is 0 Å². The summed E-state index contributed by atoms with van der Waals surface area (Å²) in [6.45, 7) is 6.28. The maximum absolute atomic E-state index is 12.2. The van der Waals surface area contributed by atoms with Gasteiger partial charge in [0.25, 0.3) is 0 Å². The van der Waals surface area contributed by atoms with Gasteiger partial charge in [-0.05, 0) is 31.0 Å². The van der Waals surface area contributed by atoms with E-state index in [1.165, 1.54) is 0 Å². The first-order valence-electron chi connectivity index (χ1n) is 9.33. The molecule has 1 aliphatic rings. The first kappa shape index (κ1) is 18.8. The molecule has 1 N–H and O–H groups in total. The third-order valence-corrected chi connectivity index (χ3v) is 4.61. The van der Waals surface area contributed by atoms with Crippen molar-refractivity contribution in [3.8, 4) is 11.5 Å². The Morgan fingerprint density at radius 1 is 1.14 bits per heavy atom. The first-order chi connectivity index (χ1) is 14.0. The summed E-state index contributed by atoms with van der Waals surface area (Å²) < 4.78 is 10.5. The fraction of sp³-hybridized carbons (Fsp3) is 0.368. The largest absolute Gasteiger partial charge is 0.447 e. The van der Waals surface area contributed by atoms with Crippen molar-refractivity contribution >= 4 is 17.9 Å². The van der Waals surface area contributed by atoms with E-state index in [9.17, 15) is 4.79 Å². The molecule has 4 heterocycles. The van der Waals surface area contributed by atoms with Crippen molar-refractivity contribution in [1.82, 2.24) is 25.1 Å². The number of hydrogen-bond donors (Lipinski definition) is 1. The van der Waals surface area contributed by atoms with E-state index in [2.05, 4.69) is 30.4 Å². The highest BCUT2D eigenvalue weighted by molar-refractivity contribution is 5.89. The SMILES string of the molecule is CC(C)[C@H]1COC(=O)N1c1ccnc(N[C@H](C)c2nc(-c3ccccn3)no2)n1. The summed E-state index contributed by atoms with van der Waals surface area (Å²) in [4.78, 5) is 31.0. The van der Waals surface area contributed by atoms with Crippen molar-refractivity contribution in [3.05, 3.63) is 42.5 Å². The molecule has 1 aliphatic heterocycles. The number of amides is 1. The second-order valence-corrected chi connectivity index (χ2v) is 7.03. The molecule has 0 aromatic carbocycles. The van der Waals surface area contributed by atoms with E-state index in [-0.39, 0.29) is 18.0 Å². The number of cyclic esters (lactones) is 1. The van der Waals surface area contributed by atoms with Gasteiger partial charge in [-0.25, -0.2) is 9.78 Å². The summed E-state index contributed by atoms with van der Waals surface area (Å²) >= 11 is 0. The third kappa shape index (κ3) is 3.86. The summed E-state index contributed by atoms with van der Waals surface area (Å²) in [7, 11) is 0. The van der Waals surface area contributed by atoms with Gasteiger partial charge >= 0.3 is 6.09 Å². The maximum atomic E-state index is 12.2. The number of nitrogens with one attached hydrogen (secondary N) is 1. The van der Waals surface area contributed by atoms with Crippen LogP contribution < -0.4 is 10.2 Å². The predicted molar refractivity (Wildman–Crippen MR) is 104 cm³/mol. The minimum atomic E-state index is -0.404. The van der Waals surface area contributed by atoms with Crippen LogP contribution in [0.2, 0.25) is 0 Å². The van der Waals surface area contributed by atoms with Crippen LogP contribution in [-0.4, -0.2) is 43.8 Å². The first-order valence-corrected chi connectivity index (χ1v) is 9.33. The van der Waals surface area contributed by atoms with Crippen molar-refractivity contribution in [2.45, 2.75) is 32.9 Å². The van der Waals surface area contributed by atoms with Crippen molar-refractivity contribution in [3.63, 3.8) is 0 Å². The van der Waals surface area contributed by atoms with Gasteiger partial charge in [-0.3, -0.25) is 9.88 Å². The summed E-state index contributed by atoms with van der Waals surface area (Å²) in [6, 6.07) is 6.75. The smallest absolute Gasteiger partial charge is 0.415 e. The Bertz CT molecular complexity index is 992. The topological polar surface area (TPSA) is 119 Å². The molecule has 0 saturated carbocycles. The highest BCUT2D eigenvalue weighted by Gasteiger charge is 2.37. The lowest BCUT2D eigenvalue weighted by atomic mass is 10.0. The fourth-order valence-electron chi connectivity index (χ4n) is 3.01. The lowest BCUT2D eigenvalue weighted by Gasteiger charge is -2.23. The average molecular weight is 395 g/mol. The minimum absolute atomic E-state index is 0.0699. The van der Waals surface area contributed by atoms with Crippen LogP contribution in [0.25, 0.3) is 11.5 Å². The van der Waals surface area contributed by atoms with Crippen LogP contribution >= 0.6 is 0 Å². The highest BCUT2D eigenvalue weighted by atomic mass is 16.6. The second-order valence-electron chi connectivity index (χ2n) is 7.03. The standard InChI is InChI=1S/C19H21N7O3/c1-11(2)14-10-28-19(27)26(14)15-7-9-21-18(23-15)22-12(3)17-24-16(25-29-17)13-6-4-5-8-20-13/h4-9,11-12,14H,10H2,1-3H3,(H,21,22,23)/t12-,14-/m1/s1. The number of pyridine rings is 1. The van der Waals surface area contributed by atoms with Crippen LogP contribution in [0.4, 0.5) is 16.6 Å². The molecule has 0 spiro atoms. The molecule has 1 fully saturated rings. The molecule has 29 heavy (non-hydrogen) atoms. The van der Waals surface area contributed by atoms with Crippen LogP contribution in [0.3, 0.4) is 0 Å². The van der Waals surface area contributed by atoms with Gasteiger partial charge in [-0.15, -0.1) is 0 Å². The Morgan fingerprint density at radius 2 is 2.00 bits per heavy atom. The van der Waals surface area contributed by atoms with E-state index in [4.69, 9.17) is 9.26 Å². The van der Waals surface area contributed by atoms with Gasteiger partial charge in [0.05, 0.1) is 6.04 Å². The van der Waals surface area contributed by atoms with Crippen LogP contribution in [0, 0.1) is 5.92 Å². The molecule has 0 unspecified atom stereocenters. The lowest BCUT2D eigenvalue weighted by Crippen LogP contribution is -2.37. The number of ether oxygens (including phenoxy) is 1. The Hall–Kier alpha value is -3.56. The molecule has 4 rings (SSSR count). The average Bonchev–Trinajstić information content (AvgIpc) is 3.36. The van der Waals surface area contributed by atoms with Crippen LogP contribution in [0.15, 0.2) is 41.2 Å². The van der Waals surface area contributed by atoms with Gasteiger partial charge in [0.1, 0.15) is 24.2 Å².